The molecule has 0 spiro atoms. The molecule has 2 heterocycles. The Balaban J connectivity index is 1.44. The number of halogens is 1. The number of nitrogens with zero attached hydrogens (tertiary/aromatic N) is 3. The van der Waals surface area contributed by atoms with Crippen LogP contribution in [0.5, 0.6) is 11.6 Å². The number of hydrogen-bond donors (Lipinski definition) is 2. The molecular formula is C20H22FN5OS. The normalized spacial score (nSPS) is 11.3. The number of rotatable bonds is 7. The van der Waals surface area contributed by atoms with Gasteiger partial charge in [-0.25, -0.2) is 14.4 Å². The van der Waals surface area contributed by atoms with Gasteiger partial charge in [-0.2, -0.15) is 0 Å². The van der Waals surface area contributed by atoms with Crippen LogP contribution in [0.2, 0.25) is 0 Å². The number of nitrogens with one attached hydrogen (secondary N) is 2. The topological polar surface area (TPSA) is 71.4 Å². The molecule has 0 atom stereocenters. The van der Waals surface area contributed by atoms with Gasteiger partial charge in [0, 0.05) is 49.9 Å². The van der Waals surface area contributed by atoms with Crippen molar-refractivity contribution in [2.24, 2.45) is 4.99 Å². The monoisotopic (exact) mass is 399 g/mol. The molecule has 3 aromatic rings. The van der Waals surface area contributed by atoms with E-state index in [1.54, 1.807) is 42.8 Å². The minimum absolute atomic E-state index is 0.300. The van der Waals surface area contributed by atoms with Crippen molar-refractivity contribution in [1.82, 2.24) is 20.6 Å². The van der Waals surface area contributed by atoms with Crippen molar-refractivity contribution < 1.29 is 9.13 Å². The summed E-state index contributed by atoms with van der Waals surface area (Å²) < 4.78 is 18.5. The summed E-state index contributed by atoms with van der Waals surface area (Å²) in [5, 5.41) is 7.64. The standard InChI is InChI=1S/C20H22FN5OS/c1-14-11-25-19(28-14)9-10-23-20(22-2)26-13-15-3-8-18(24-12-15)27-17-6-4-16(21)5-7-17/h3-8,11-12H,9-10,13H2,1-2H3,(H2,22,23,26). The molecule has 28 heavy (non-hydrogen) atoms. The number of hydrogen-bond acceptors (Lipinski definition) is 5. The fourth-order valence-electron chi connectivity index (χ4n) is 2.41. The Morgan fingerprint density at radius 2 is 1.93 bits per heavy atom. The number of thiazole rings is 1. The maximum atomic E-state index is 12.9. The lowest BCUT2D eigenvalue weighted by atomic mass is 10.3. The smallest absolute Gasteiger partial charge is 0.219 e. The Kier molecular flexibility index (Phi) is 6.91. The van der Waals surface area contributed by atoms with E-state index in [0.717, 1.165) is 29.5 Å². The lowest BCUT2D eigenvalue weighted by Gasteiger charge is -2.11. The molecule has 8 heteroatoms. The van der Waals surface area contributed by atoms with Crippen molar-refractivity contribution in [1.29, 1.82) is 0 Å². The zero-order chi connectivity index (χ0) is 19.8. The third-order valence-corrected chi connectivity index (χ3v) is 4.79. The number of aryl methyl sites for hydroxylation is 1. The number of aliphatic imine (C=N–C) groups is 1. The van der Waals surface area contributed by atoms with Crippen molar-refractivity contribution in [3.05, 3.63) is 70.1 Å². The minimum atomic E-state index is -0.300. The second-order valence-corrected chi connectivity index (χ2v) is 7.35. The fraction of sp³-hybridized carbons (Fsp3) is 0.250. The minimum Gasteiger partial charge on any atom is -0.439 e. The lowest BCUT2D eigenvalue weighted by Crippen LogP contribution is -2.37. The molecule has 3 rings (SSSR count). The molecule has 0 fully saturated rings. The number of benzene rings is 1. The van der Waals surface area contributed by atoms with Crippen LogP contribution in [0.15, 0.2) is 53.8 Å². The van der Waals surface area contributed by atoms with Gasteiger partial charge in [0.2, 0.25) is 5.88 Å². The molecule has 0 aliphatic carbocycles. The first-order valence-electron chi connectivity index (χ1n) is 8.86. The molecule has 146 valence electrons. The highest BCUT2D eigenvalue weighted by Gasteiger charge is 2.03. The fourth-order valence-corrected chi connectivity index (χ4v) is 3.20. The zero-order valence-corrected chi connectivity index (χ0v) is 16.6. The first kappa shape index (κ1) is 19.8. The summed E-state index contributed by atoms with van der Waals surface area (Å²) >= 11 is 1.71. The van der Waals surface area contributed by atoms with Gasteiger partial charge >= 0.3 is 0 Å². The van der Waals surface area contributed by atoms with Gasteiger partial charge in [-0.15, -0.1) is 11.3 Å². The first-order valence-corrected chi connectivity index (χ1v) is 9.68. The molecule has 2 N–H and O–H groups in total. The summed E-state index contributed by atoms with van der Waals surface area (Å²) in [6.07, 6.45) is 4.48. The first-order chi connectivity index (χ1) is 13.6. The summed E-state index contributed by atoms with van der Waals surface area (Å²) in [5.41, 5.74) is 0.991. The van der Waals surface area contributed by atoms with E-state index in [1.807, 2.05) is 12.3 Å². The molecule has 0 bridgehead atoms. The van der Waals surface area contributed by atoms with E-state index < -0.39 is 0 Å². The largest absolute Gasteiger partial charge is 0.439 e. The van der Waals surface area contributed by atoms with Crippen LogP contribution < -0.4 is 15.4 Å². The molecule has 2 aromatic heterocycles. The van der Waals surface area contributed by atoms with E-state index in [2.05, 4.69) is 32.5 Å². The molecule has 0 aliphatic rings. The van der Waals surface area contributed by atoms with Gasteiger partial charge in [-0.05, 0) is 36.8 Å². The van der Waals surface area contributed by atoms with Crippen molar-refractivity contribution >= 4 is 17.3 Å². The van der Waals surface area contributed by atoms with Crippen molar-refractivity contribution in [3.8, 4) is 11.6 Å². The van der Waals surface area contributed by atoms with E-state index in [9.17, 15) is 4.39 Å². The van der Waals surface area contributed by atoms with Crippen LogP contribution in [0.3, 0.4) is 0 Å². The van der Waals surface area contributed by atoms with Crippen molar-refractivity contribution in [2.75, 3.05) is 13.6 Å². The quantitative estimate of drug-likeness (QED) is 0.468. The number of guanidine groups is 1. The molecule has 0 saturated carbocycles. The zero-order valence-electron chi connectivity index (χ0n) is 15.8. The van der Waals surface area contributed by atoms with Crippen LogP contribution >= 0.6 is 11.3 Å². The SMILES string of the molecule is CN=C(NCCc1ncc(C)s1)NCc1ccc(Oc2ccc(F)cc2)nc1. The average Bonchev–Trinajstić information content (AvgIpc) is 3.12. The lowest BCUT2D eigenvalue weighted by molar-refractivity contribution is 0.461. The molecule has 0 aliphatic heterocycles. The maximum Gasteiger partial charge on any atom is 0.219 e. The Bertz CT molecular complexity index is 909. The summed E-state index contributed by atoms with van der Waals surface area (Å²) in [6, 6.07) is 9.53. The van der Waals surface area contributed by atoms with Crippen molar-refractivity contribution in [2.45, 2.75) is 19.9 Å². The van der Waals surface area contributed by atoms with Crippen LogP contribution in [0.4, 0.5) is 4.39 Å². The highest BCUT2D eigenvalue weighted by atomic mass is 32.1. The van der Waals surface area contributed by atoms with E-state index in [1.165, 1.54) is 17.0 Å². The number of ether oxygens (including phenoxy) is 1. The van der Waals surface area contributed by atoms with Gasteiger partial charge < -0.3 is 15.4 Å². The Labute approximate surface area is 167 Å². The highest BCUT2D eigenvalue weighted by Crippen LogP contribution is 2.19. The Morgan fingerprint density at radius 1 is 1.11 bits per heavy atom. The van der Waals surface area contributed by atoms with Crippen LogP contribution in [0.1, 0.15) is 15.4 Å². The van der Waals surface area contributed by atoms with Crippen LogP contribution in [0, 0.1) is 12.7 Å². The summed E-state index contributed by atoms with van der Waals surface area (Å²) in [7, 11) is 1.74. The second kappa shape index (κ2) is 9.80. The van der Waals surface area contributed by atoms with Gasteiger partial charge in [0.15, 0.2) is 5.96 Å². The van der Waals surface area contributed by atoms with E-state index >= 15 is 0 Å². The Hall–Kier alpha value is -3.00. The van der Waals surface area contributed by atoms with E-state index in [0.29, 0.717) is 18.2 Å². The van der Waals surface area contributed by atoms with Crippen LogP contribution in [0.25, 0.3) is 0 Å². The molecule has 0 unspecified atom stereocenters. The maximum absolute atomic E-state index is 12.9. The van der Waals surface area contributed by atoms with Gasteiger partial charge in [-0.1, -0.05) is 6.07 Å². The van der Waals surface area contributed by atoms with Gasteiger partial charge in [0.05, 0.1) is 5.01 Å². The predicted molar refractivity (Wildman–Crippen MR) is 109 cm³/mol. The molecule has 1 aromatic carbocycles. The molecule has 0 saturated heterocycles. The second-order valence-electron chi connectivity index (χ2n) is 6.03. The summed E-state index contributed by atoms with van der Waals surface area (Å²) in [4.78, 5) is 14.1. The van der Waals surface area contributed by atoms with Gasteiger partial charge in [0.1, 0.15) is 11.6 Å². The third-order valence-electron chi connectivity index (χ3n) is 3.82. The van der Waals surface area contributed by atoms with E-state index in [-0.39, 0.29) is 5.82 Å². The summed E-state index contributed by atoms with van der Waals surface area (Å²) in [6.45, 7) is 3.40. The number of aromatic nitrogens is 2. The van der Waals surface area contributed by atoms with Crippen molar-refractivity contribution in [3.63, 3.8) is 0 Å². The van der Waals surface area contributed by atoms with Gasteiger partial charge in [-0.3, -0.25) is 4.99 Å². The van der Waals surface area contributed by atoms with E-state index in [4.69, 9.17) is 4.74 Å². The molecule has 6 nitrogen and oxygen atoms in total. The Morgan fingerprint density at radius 3 is 2.57 bits per heavy atom. The molecule has 0 amide bonds. The average molecular weight is 399 g/mol. The predicted octanol–water partition coefficient (Wildman–Crippen LogP) is 3.69. The van der Waals surface area contributed by atoms with Gasteiger partial charge in [0.25, 0.3) is 0 Å². The summed E-state index contributed by atoms with van der Waals surface area (Å²) in [5.74, 6) is 1.42. The van der Waals surface area contributed by atoms with Crippen LogP contribution in [-0.2, 0) is 13.0 Å². The van der Waals surface area contributed by atoms with Crippen LogP contribution in [-0.4, -0.2) is 29.5 Å². The third kappa shape index (κ3) is 6.02. The highest BCUT2D eigenvalue weighted by molar-refractivity contribution is 7.11. The number of pyridine rings is 1. The molecular weight excluding hydrogens is 377 g/mol. The molecule has 0 radical (unpaired) electrons.